The van der Waals surface area contributed by atoms with Gasteiger partial charge in [0.05, 0.1) is 12.2 Å². The second-order valence-electron chi connectivity index (χ2n) is 6.02. The van der Waals surface area contributed by atoms with Crippen LogP contribution in [-0.2, 0) is 17.6 Å². The average Bonchev–Trinajstić information content (AvgIpc) is 2.95. The molecule has 0 fully saturated rings. The van der Waals surface area contributed by atoms with E-state index in [0.29, 0.717) is 6.04 Å². The first-order valence-electron chi connectivity index (χ1n) is 8.18. The Kier molecular flexibility index (Phi) is 5.65. The van der Waals surface area contributed by atoms with Crippen LogP contribution in [-0.4, -0.2) is 31.9 Å². The quantitative estimate of drug-likeness (QED) is 0.797. The summed E-state index contributed by atoms with van der Waals surface area (Å²) in [4.78, 5) is 0. The van der Waals surface area contributed by atoms with Gasteiger partial charge in [-0.2, -0.15) is 0 Å². The van der Waals surface area contributed by atoms with Crippen molar-refractivity contribution in [2.24, 2.45) is 0 Å². The standard InChI is InChI=1S/C18H29NO2/c1-5-18(3,21-6-2)17(19-4)10-8-14-7-9-16-15(13-14)11-12-20-16/h7,9,13,17,19H,5-6,8,10-12H2,1-4H3. The van der Waals surface area contributed by atoms with Crippen LogP contribution in [0.3, 0.4) is 0 Å². The Hall–Kier alpha value is -1.06. The fourth-order valence-corrected chi connectivity index (χ4v) is 3.24. The third-order valence-corrected chi connectivity index (χ3v) is 4.74. The molecule has 1 aliphatic heterocycles. The third-order valence-electron chi connectivity index (χ3n) is 4.74. The molecule has 0 amide bonds. The van der Waals surface area contributed by atoms with Gasteiger partial charge in [-0.25, -0.2) is 0 Å². The molecule has 2 atom stereocenters. The monoisotopic (exact) mass is 291 g/mol. The number of benzene rings is 1. The van der Waals surface area contributed by atoms with E-state index in [2.05, 4.69) is 44.3 Å². The summed E-state index contributed by atoms with van der Waals surface area (Å²) in [6.45, 7) is 8.08. The Labute approximate surface area is 129 Å². The lowest BCUT2D eigenvalue weighted by Gasteiger charge is -2.37. The van der Waals surface area contributed by atoms with Crippen LogP contribution in [0.2, 0.25) is 0 Å². The summed E-state index contributed by atoms with van der Waals surface area (Å²) in [6.07, 6.45) is 4.22. The zero-order chi connectivity index (χ0) is 15.3. The van der Waals surface area contributed by atoms with E-state index in [1.54, 1.807) is 0 Å². The highest BCUT2D eigenvalue weighted by molar-refractivity contribution is 5.39. The Balaban J connectivity index is 1.99. The van der Waals surface area contributed by atoms with Gasteiger partial charge in [-0.3, -0.25) is 0 Å². The molecular weight excluding hydrogens is 262 g/mol. The van der Waals surface area contributed by atoms with Gasteiger partial charge >= 0.3 is 0 Å². The van der Waals surface area contributed by atoms with Crippen LogP contribution in [0.25, 0.3) is 0 Å². The minimum atomic E-state index is -0.0939. The predicted molar refractivity (Wildman–Crippen MR) is 87.1 cm³/mol. The van der Waals surface area contributed by atoms with E-state index in [1.807, 2.05) is 7.05 Å². The average molecular weight is 291 g/mol. The summed E-state index contributed by atoms with van der Waals surface area (Å²) >= 11 is 0. The zero-order valence-electron chi connectivity index (χ0n) is 13.9. The van der Waals surface area contributed by atoms with E-state index in [0.717, 1.165) is 44.6 Å². The Morgan fingerprint density at radius 3 is 2.86 bits per heavy atom. The Bertz CT molecular complexity index is 461. The topological polar surface area (TPSA) is 30.5 Å². The zero-order valence-corrected chi connectivity index (χ0v) is 13.9. The van der Waals surface area contributed by atoms with E-state index in [4.69, 9.17) is 9.47 Å². The minimum absolute atomic E-state index is 0.0939. The van der Waals surface area contributed by atoms with Crippen molar-refractivity contribution < 1.29 is 9.47 Å². The first-order valence-corrected chi connectivity index (χ1v) is 8.18. The maximum Gasteiger partial charge on any atom is 0.122 e. The SMILES string of the molecule is CCOC(C)(CC)C(CCc1ccc2c(c1)CCO2)NC. The van der Waals surface area contributed by atoms with Gasteiger partial charge in [-0.15, -0.1) is 0 Å². The van der Waals surface area contributed by atoms with Gasteiger partial charge in [0.25, 0.3) is 0 Å². The number of rotatable bonds is 8. The maximum absolute atomic E-state index is 6.01. The second kappa shape index (κ2) is 7.28. The third kappa shape index (κ3) is 3.78. The molecule has 3 heteroatoms. The summed E-state index contributed by atoms with van der Waals surface area (Å²) in [6, 6.07) is 6.99. The van der Waals surface area contributed by atoms with Gasteiger partial charge in [0, 0.05) is 19.1 Å². The molecule has 2 unspecified atom stereocenters. The van der Waals surface area contributed by atoms with Gasteiger partial charge in [-0.1, -0.05) is 19.1 Å². The molecule has 1 aliphatic rings. The molecule has 0 aliphatic carbocycles. The fourth-order valence-electron chi connectivity index (χ4n) is 3.24. The molecule has 1 heterocycles. The lowest BCUT2D eigenvalue weighted by molar-refractivity contribution is -0.0552. The molecule has 0 bridgehead atoms. The summed E-state index contributed by atoms with van der Waals surface area (Å²) in [7, 11) is 2.04. The van der Waals surface area contributed by atoms with Crippen molar-refractivity contribution in [3.8, 4) is 5.75 Å². The minimum Gasteiger partial charge on any atom is -0.493 e. The van der Waals surface area contributed by atoms with E-state index < -0.39 is 0 Å². The van der Waals surface area contributed by atoms with Crippen LogP contribution in [0.1, 0.15) is 44.7 Å². The van der Waals surface area contributed by atoms with Crippen LogP contribution >= 0.6 is 0 Å². The first-order chi connectivity index (χ1) is 10.1. The van der Waals surface area contributed by atoms with E-state index in [1.165, 1.54) is 11.1 Å². The van der Waals surface area contributed by atoms with E-state index >= 15 is 0 Å². The summed E-state index contributed by atoms with van der Waals surface area (Å²) in [5.41, 5.74) is 2.66. The second-order valence-corrected chi connectivity index (χ2v) is 6.02. The van der Waals surface area contributed by atoms with Crippen LogP contribution in [0.5, 0.6) is 5.75 Å². The van der Waals surface area contributed by atoms with Crippen LogP contribution in [0.4, 0.5) is 0 Å². The molecule has 0 spiro atoms. The molecule has 21 heavy (non-hydrogen) atoms. The van der Waals surface area contributed by atoms with Crippen molar-refractivity contribution in [3.05, 3.63) is 29.3 Å². The number of fused-ring (bicyclic) bond motifs is 1. The molecule has 2 rings (SSSR count). The van der Waals surface area contributed by atoms with Crippen molar-refractivity contribution in [2.45, 2.75) is 58.1 Å². The highest BCUT2D eigenvalue weighted by atomic mass is 16.5. The smallest absolute Gasteiger partial charge is 0.122 e. The number of hydrogen-bond donors (Lipinski definition) is 1. The molecule has 1 aromatic carbocycles. The van der Waals surface area contributed by atoms with Crippen molar-refractivity contribution in [3.63, 3.8) is 0 Å². The van der Waals surface area contributed by atoms with Gasteiger partial charge < -0.3 is 14.8 Å². The first kappa shape index (κ1) is 16.3. The highest BCUT2D eigenvalue weighted by Crippen LogP contribution is 2.28. The number of likely N-dealkylation sites (N-methyl/N-ethyl adjacent to an activating group) is 1. The highest BCUT2D eigenvalue weighted by Gasteiger charge is 2.31. The van der Waals surface area contributed by atoms with E-state index in [9.17, 15) is 0 Å². The van der Waals surface area contributed by atoms with Gasteiger partial charge in [-0.05, 0) is 57.4 Å². The van der Waals surface area contributed by atoms with Crippen molar-refractivity contribution in [2.75, 3.05) is 20.3 Å². The predicted octanol–water partition coefficient (Wildman–Crippen LogP) is 3.35. The van der Waals surface area contributed by atoms with Crippen molar-refractivity contribution in [1.29, 1.82) is 0 Å². The van der Waals surface area contributed by atoms with Gasteiger partial charge in [0.2, 0.25) is 0 Å². The van der Waals surface area contributed by atoms with Gasteiger partial charge in [0.1, 0.15) is 5.75 Å². The molecule has 3 nitrogen and oxygen atoms in total. The van der Waals surface area contributed by atoms with Crippen molar-refractivity contribution in [1.82, 2.24) is 5.32 Å². The van der Waals surface area contributed by atoms with Gasteiger partial charge in [0.15, 0.2) is 0 Å². The molecule has 0 saturated heterocycles. The molecule has 0 radical (unpaired) electrons. The summed E-state index contributed by atoms with van der Waals surface area (Å²) in [5.74, 6) is 1.07. The summed E-state index contributed by atoms with van der Waals surface area (Å²) in [5, 5.41) is 3.45. The van der Waals surface area contributed by atoms with Crippen molar-refractivity contribution >= 4 is 0 Å². The Morgan fingerprint density at radius 1 is 1.38 bits per heavy atom. The number of ether oxygens (including phenoxy) is 2. The molecule has 1 aromatic rings. The fraction of sp³-hybridized carbons (Fsp3) is 0.667. The molecular formula is C18H29NO2. The van der Waals surface area contributed by atoms with Crippen LogP contribution in [0, 0.1) is 0 Å². The lowest BCUT2D eigenvalue weighted by Crippen LogP contribution is -2.49. The number of nitrogens with one attached hydrogen (secondary N) is 1. The summed E-state index contributed by atoms with van der Waals surface area (Å²) < 4.78 is 11.6. The Morgan fingerprint density at radius 2 is 2.19 bits per heavy atom. The molecule has 0 saturated carbocycles. The number of hydrogen-bond acceptors (Lipinski definition) is 3. The maximum atomic E-state index is 6.01. The largest absolute Gasteiger partial charge is 0.493 e. The van der Waals surface area contributed by atoms with E-state index in [-0.39, 0.29) is 5.60 Å². The van der Waals surface area contributed by atoms with Crippen LogP contribution < -0.4 is 10.1 Å². The number of aryl methyl sites for hydroxylation is 1. The van der Waals surface area contributed by atoms with Crippen LogP contribution in [0.15, 0.2) is 18.2 Å². The molecule has 1 N–H and O–H groups in total. The molecule has 0 aromatic heterocycles. The normalized spacial score (nSPS) is 17.9. The molecule has 118 valence electrons. The lowest BCUT2D eigenvalue weighted by atomic mass is 9.88.